The molecule has 2 N–H and O–H groups in total. The first-order valence-electron chi connectivity index (χ1n) is 6.27. The van der Waals surface area contributed by atoms with E-state index in [4.69, 9.17) is 11.6 Å². The Hall–Kier alpha value is -1.74. The maximum Gasteiger partial charge on any atom is 0.147 e. The standard InChI is InChI=1S/C15H14ClFN2/c16-12-4-5-14(13(17)8-12)19-9-11-3-1-2-10-6-7-18-15(10)11/h1-5,8,18-19H,6-7,9H2. The van der Waals surface area contributed by atoms with Crippen LogP contribution in [0.15, 0.2) is 36.4 Å². The lowest BCUT2D eigenvalue weighted by atomic mass is 10.1. The Labute approximate surface area is 116 Å². The van der Waals surface area contributed by atoms with E-state index >= 15 is 0 Å². The molecule has 3 rings (SSSR count). The molecule has 0 bridgehead atoms. The average Bonchev–Trinajstić information content (AvgIpc) is 2.86. The van der Waals surface area contributed by atoms with Gasteiger partial charge in [0.05, 0.1) is 5.69 Å². The van der Waals surface area contributed by atoms with E-state index in [-0.39, 0.29) is 5.82 Å². The van der Waals surface area contributed by atoms with Gasteiger partial charge in [-0.1, -0.05) is 29.8 Å². The van der Waals surface area contributed by atoms with Crippen LogP contribution in [0, 0.1) is 5.82 Å². The molecule has 0 atom stereocenters. The van der Waals surface area contributed by atoms with Gasteiger partial charge in [0.1, 0.15) is 5.82 Å². The number of rotatable bonds is 3. The molecule has 0 radical (unpaired) electrons. The van der Waals surface area contributed by atoms with Gasteiger partial charge in [-0.2, -0.15) is 0 Å². The van der Waals surface area contributed by atoms with Crippen molar-refractivity contribution < 1.29 is 4.39 Å². The number of fused-ring (bicyclic) bond motifs is 1. The fourth-order valence-corrected chi connectivity index (χ4v) is 2.54. The summed E-state index contributed by atoms with van der Waals surface area (Å²) < 4.78 is 13.7. The van der Waals surface area contributed by atoms with Gasteiger partial charge in [-0.25, -0.2) is 4.39 Å². The first-order valence-corrected chi connectivity index (χ1v) is 6.65. The number of para-hydroxylation sites is 1. The second-order valence-corrected chi connectivity index (χ2v) is 5.04. The summed E-state index contributed by atoms with van der Waals surface area (Å²) >= 11 is 5.73. The van der Waals surface area contributed by atoms with Crippen LogP contribution in [0.4, 0.5) is 15.8 Å². The third-order valence-corrected chi connectivity index (χ3v) is 3.57. The van der Waals surface area contributed by atoms with Crippen LogP contribution in [0.2, 0.25) is 5.02 Å². The highest BCUT2D eigenvalue weighted by Gasteiger charge is 2.13. The zero-order chi connectivity index (χ0) is 13.2. The van der Waals surface area contributed by atoms with Gasteiger partial charge in [0.15, 0.2) is 0 Å². The molecule has 1 aliphatic heterocycles. The normalized spacial score (nSPS) is 12.9. The van der Waals surface area contributed by atoms with Gasteiger partial charge in [0.25, 0.3) is 0 Å². The quantitative estimate of drug-likeness (QED) is 0.883. The summed E-state index contributed by atoms with van der Waals surface area (Å²) in [6.45, 7) is 1.57. The summed E-state index contributed by atoms with van der Waals surface area (Å²) in [6, 6.07) is 10.9. The monoisotopic (exact) mass is 276 g/mol. The zero-order valence-electron chi connectivity index (χ0n) is 10.3. The van der Waals surface area contributed by atoms with E-state index in [2.05, 4.69) is 22.8 Å². The van der Waals surface area contributed by atoms with Crippen molar-refractivity contribution in [3.8, 4) is 0 Å². The predicted molar refractivity (Wildman–Crippen MR) is 77.4 cm³/mol. The highest BCUT2D eigenvalue weighted by atomic mass is 35.5. The topological polar surface area (TPSA) is 24.1 Å². The second kappa shape index (κ2) is 5.10. The molecular weight excluding hydrogens is 263 g/mol. The van der Waals surface area contributed by atoms with Gasteiger partial charge < -0.3 is 10.6 Å². The molecule has 98 valence electrons. The van der Waals surface area contributed by atoms with E-state index in [0.717, 1.165) is 18.5 Å². The summed E-state index contributed by atoms with van der Waals surface area (Å²) in [5, 5.41) is 6.89. The van der Waals surface area contributed by atoms with Crippen LogP contribution in [0.5, 0.6) is 0 Å². The Morgan fingerprint density at radius 3 is 3.00 bits per heavy atom. The van der Waals surface area contributed by atoms with Crippen LogP contribution in [0.1, 0.15) is 11.1 Å². The van der Waals surface area contributed by atoms with Crippen molar-refractivity contribution >= 4 is 23.0 Å². The van der Waals surface area contributed by atoms with Gasteiger partial charge in [0.2, 0.25) is 0 Å². The molecule has 2 aromatic carbocycles. The van der Waals surface area contributed by atoms with Crippen LogP contribution >= 0.6 is 11.6 Å². The third kappa shape index (κ3) is 2.51. The van der Waals surface area contributed by atoms with Crippen LogP contribution in [0.3, 0.4) is 0 Å². The van der Waals surface area contributed by atoms with Crippen molar-refractivity contribution in [2.24, 2.45) is 0 Å². The number of halogens is 2. The minimum Gasteiger partial charge on any atom is -0.384 e. The largest absolute Gasteiger partial charge is 0.384 e. The summed E-state index contributed by atoms with van der Waals surface area (Å²) in [6.07, 6.45) is 1.05. The van der Waals surface area contributed by atoms with Crippen LogP contribution in [0.25, 0.3) is 0 Å². The van der Waals surface area contributed by atoms with E-state index in [1.165, 1.54) is 17.3 Å². The van der Waals surface area contributed by atoms with E-state index in [9.17, 15) is 4.39 Å². The van der Waals surface area contributed by atoms with E-state index < -0.39 is 0 Å². The number of hydrogen-bond donors (Lipinski definition) is 2. The van der Waals surface area contributed by atoms with Gasteiger partial charge in [-0.05, 0) is 35.7 Å². The van der Waals surface area contributed by atoms with Crippen molar-refractivity contribution in [1.82, 2.24) is 0 Å². The first kappa shape index (κ1) is 12.3. The van der Waals surface area contributed by atoms with E-state index in [0.29, 0.717) is 17.3 Å². The molecule has 0 fully saturated rings. The molecule has 0 aliphatic carbocycles. The van der Waals surface area contributed by atoms with E-state index in [1.807, 2.05) is 6.07 Å². The Morgan fingerprint density at radius 2 is 2.16 bits per heavy atom. The van der Waals surface area contributed by atoms with Crippen LogP contribution < -0.4 is 10.6 Å². The Bertz CT molecular complexity index is 613. The van der Waals surface area contributed by atoms with E-state index in [1.54, 1.807) is 12.1 Å². The smallest absolute Gasteiger partial charge is 0.147 e. The fraction of sp³-hybridized carbons (Fsp3) is 0.200. The second-order valence-electron chi connectivity index (χ2n) is 4.61. The molecule has 2 nitrogen and oxygen atoms in total. The molecular formula is C15H14ClFN2. The zero-order valence-corrected chi connectivity index (χ0v) is 11.1. The molecule has 1 heterocycles. The minimum absolute atomic E-state index is 0.326. The Balaban J connectivity index is 1.78. The van der Waals surface area contributed by atoms with Gasteiger partial charge in [-0.15, -0.1) is 0 Å². The molecule has 0 unspecified atom stereocenters. The first-order chi connectivity index (χ1) is 9.24. The van der Waals surface area contributed by atoms with Gasteiger partial charge in [-0.3, -0.25) is 0 Å². The number of nitrogens with one attached hydrogen (secondary N) is 2. The molecule has 0 aromatic heterocycles. The lowest BCUT2D eigenvalue weighted by Gasteiger charge is -2.11. The molecule has 0 saturated carbocycles. The molecule has 2 aromatic rings. The predicted octanol–water partition coefficient (Wildman–Crippen LogP) is 4.06. The summed E-state index contributed by atoms with van der Waals surface area (Å²) in [7, 11) is 0. The number of anilines is 2. The van der Waals surface area contributed by atoms with Gasteiger partial charge >= 0.3 is 0 Å². The highest BCUT2D eigenvalue weighted by molar-refractivity contribution is 6.30. The number of hydrogen-bond acceptors (Lipinski definition) is 2. The van der Waals surface area contributed by atoms with Crippen molar-refractivity contribution in [2.45, 2.75) is 13.0 Å². The van der Waals surface area contributed by atoms with Crippen LogP contribution in [-0.2, 0) is 13.0 Å². The molecule has 1 aliphatic rings. The maximum absolute atomic E-state index is 13.7. The Kier molecular flexibility index (Phi) is 3.30. The number of benzene rings is 2. The maximum atomic E-state index is 13.7. The molecule has 0 spiro atoms. The van der Waals surface area contributed by atoms with Gasteiger partial charge in [0, 0.05) is 23.8 Å². The Morgan fingerprint density at radius 1 is 1.26 bits per heavy atom. The summed E-state index contributed by atoms with van der Waals surface area (Å²) in [5.74, 6) is -0.326. The lowest BCUT2D eigenvalue weighted by molar-refractivity contribution is 0.630. The minimum atomic E-state index is -0.326. The van der Waals surface area contributed by atoms with Crippen molar-refractivity contribution in [1.29, 1.82) is 0 Å². The molecule has 0 saturated heterocycles. The average molecular weight is 277 g/mol. The summed E-state index contributed by atoms with van der Waals surface area (Å²) in [5.41, 5.74) is 4.14. The van der Waals surface area contributed by atoms with Crippen molar-refractivity contribution in [2.75, 3.05) is 17.2 Å². The fourth-order valence-electron chi connectivity index (χ4n) is 2.38. The van der Waals surface area contributed by atoms with Crippen molar-refractivity contribution in [3.63, 3.8) is 0 Å². The molecule has 4 heteroatoms. The van der Waals surface area contributed by atoms with Crippen LogP contribution in [-0.4, -0.2) is 6.54 Å². The third-order valence-electron chi connectivity index (χ3n) is 3.33. The highest BCUT2D eigenvalue weighted by Crippen LogP contribution is 2.27. The summed E-state index contributed by atoms with van der Waals surface area (Å²) in [4.78, 5) is 0. The molecule has 0 amide bonds. The van der Waals surface area contributed by atoms with Crippen molar-refractivity contribution in [3.05, 3.63) is 58.4 Å². The lowest BCUT2D eigenvalue weighted by Crippen LogP contribution is -2.04. The molecule has 19 heavy (non-hydrogen) atoms. The SMILES string of the molecule is Fc1cc(Cl)ccc1NCc1cccc2c1NCC2.